The average Bonchev–Trinajstić information content (AvgIpc) is 3.19. The molecule has 2 heterocycles. The quantitative estimate of drug-likeness (QED) is 0.389. The highest BCUT2D eigenvalue weighted by atomic mass is 19.1. The molecule has 0 unspecified atom stereocenters. The second kappa shape index (κ2) is 9.43. The van der Waals surface area contributed by atoms with E-state index in [0.29, 0.717) is 22.8 Å². The van der Waals surface area contributed by atoms with Crippen LogP contribution in [0.15, 0.2) is 53.1 Å². The van der Waals surface area contributed by atoms with Gasteiger partial charge >= 0.3 is 0 Å². The Morgan fingerprint density at radius 3 is 2.77 bits per heavy atom. The summed E-state index contributed by atoms with van der Waals surface area (Å²) in [6.07, 6.45) is 7.17. The Bertz CT molecular complexity index is 1100. The zero-order valence-electron chi connectivity index (χ0n) is 17.9. The molecule has 0 aliphatic carbocycles. The molecule has 6 heteroatoms. The normalized spacial score (nSPS) is 15.7. The van der Waals surface area contributed by atoms with Gasteiger partial charge in [-0.05, 0) is 69.1 Å². The van der Waals surface area contributed by atoms with Crippen LogP contribution in [0.2, 0.25) is 0 Å². The molecular weight excluding hydrogens is 395 g/mol. The van der Waals surface area contributed by atoms with Crippen LogP contribution in [0.5, 0.6) is 5.75 Å². The highest BCUT2D eigenvalue weighted by Crippen LogP contribution is 2.32. The molecule has 0 saturated carbocycles. The van der Waals surface area contributed by atoms with Crippen molar-refractivity contribution in [2.45, 2.75) is 32.1 Å². The van der Waals surface area contributed by atoms with Crippen molar-refractivity contribution in [3.63, 3.8) is 0 Å². The molecule has 0 spiro atoms. The topological polar surface area (TPSA) is 55.6 Å². The van der Waals surface area contributed by atoms with E-state index in [1.54, 1.807) is 20.1 Å². The van der Waals surface area contributed by atoms with Gasteiger partial charge in [0.15, 0.2) is 11.4 Å². The number of halogens is 1. The summed E-state index contributed by atoms with van der Waals surface area (Å²) in [5.41, 5.74) is 3.20. The molecule has 5 nitrogen and oxygen atoms in total. The van der Waals surface area contributed by atoms with Gasteiger partial charge in [0.05, 0.1) is 18.4 Å². The molecule has 0 amide bonds. The maximum absolute atomic E-state index is 13.4. The Morgan fingerprint density at radius 2 is 2.03 bits per heavy atom. The number of ether oxygens (including phenoxy) is 1. The van der Waals surface area contributed by atoms with Crippen LogP contribution in [0, 0.1) is 5.82 Å². The van der Waals surface area contributed by atoms with Gasteiger partial charge in [0, 0.05) is 23.9 Å². The van der Waals surface area contributed by atoms with Gasteiger partial charge in [-0.25, -0.2) is 4.39 Å². The Kier molecular flexibility index (Phi) is 6.47. The number of methoxy groups -OCH3 is 1. The van der Waals surface area contributed by atoms with Crippen LogP contribution < -0.4 is 4.74 Å². The smallest absolute Gasteiger partial charge is 0.170 e. The predicted octanol–water partition coefficient (Wildman–Crippen LogP) is 5.16. The first-order valence-corrected chi connectivity index (χ1v) is 10.6. The van der Waals surface area contributed by atoms with Crippen molar-refractivity contribution in [2.24, 2.45) is 0 Å². The van der Waals surface area contributed by atoms with E-state index < -0.39 is 0 Å². The molecular formula is C25H27FN2O3. The second-order valence-corrected chi connectivity index (χ2v) is 8.05. The number of fused-ring (bicyclic) bond motifs is 1. The minimum Gasteiger partial charge on any atom is -0.496 e. The maximum Gasteiger partial charge on any atom is 0.170 e. The van der Waals surface area contributed by atoms with Gasteiger partial charge in [-0.2, -0.15) is 0 Å². The number of rotatable bonds is 7. The number of benzene rings is 2. The van der Waals surface area contributed by atoms with E-state index in [1.807, 2.05) is 18.2 Å². The van der Waals surface area contributed by atoms with Crippen molar-refractivity contribution >= 4 is 16.8 Å². The van der Waals surface area contributed by atoms with E-state index in [-0.39, 0.29) is 11.6 Å². The van der Waals surface area contributed by atoms with Crippen LogP contribution in [-0.4, -0.2) is 42.6 Å². The van der Waals surface area contributed by atoms with E-state index >= 15 is 0 Å². The number of nitrogens with zero attached hydrogens (tertiary/aromatic N) is 2. The monoisotopic (exact) mass is 422 g/mol. The van der Waals surface area contributed by atoms with Crippen LogP contribution in [-0.2, 0) is 6.42 Å². The van der Waals surface area contributed by atoms with Gasteiger partial charge in [0.1, 0.15) is 11.6 Å². The predicted molar refractivity (Wildman–Crippen MR) is 118 cm³/mol. The fourth-order valence-corrected chi connectivity index (χ4v) is 4.21. The van der Waals surface area contributed by atoms with Gasteiger partial charge < -0.3 is 9.26 Å². The van der Waals surface area contributed by atoms with Gasteiger partial charge in [0.2, 0.25) is 0 Å². The largest absolute Gasteiger partial charge is 0.496 e. The molecule has 31 heavy (non-hydrogen) atoms. The van der Waals surface area contributed by atoms with Gasteiger partial charge in [-0.1, -0.05) is 23.4 Å². The van der Waals surface area contributed by atoms with Gasteiger partial charge in [-0.15, -0.1) is 0 Å². The van der Waals surface area contributed by atoms with Crippen molar-refractivity contribution in [3.05, 3.63) is 71.2 Å². The van der Waals surface area contributed by atoms with E-state index in [1.165, 1.54) is 12.1 Å². The van der Waals surface area contributed by atoms with Crippen molar-refractivity contribution in [1.82, 2.24) is 10.1 Å². The molecule has 0 bridgehead atoms. The van der Waals surface area contributed by atoms with Crippen LogP contribution in [0.25, 0.3) is 11.0 Å². The lowest BCUT2D eigenvalue weighted by molar-refractivity contribution is 0.101. The molecule has 0 N–H and O–H groups in total. The Balaban J connectivity index is 1.28. The van der Waals surface area contributed by atoms with E-state index in [9.17, 15) is 9.18 Å². The van der Waals surface area contributed by atoms with Crippen molar-refractivity contribution < 1.29 is 18.4 Å². The lowest BCUT2D eigenvalue weighted by atomic mass is 9.91. The molecule has 1 aliphatic heterocycles. The minimum absolute atomic E-state index is 0.00752. The van der Waals surface area contributed by atoms with Crippen molar-refractivity contribution in [3.8, 4) is 5.75 Å². The first kappa shape index (κ1) is 21.2. The summed E-state index contributed by atoms with van der Waals surface area (Å²) in [5.74, 6) is 0.681. The molecule has 0 atom stereocenters. The number of aromatic nitrogens is 1. The summed E-state index contributed by atoms with van der Waals surface area (Å²) in [6, 6.07) is 10.4. The molecule has 0 radical (unpaired) electrons. The summed E-state index contributed by atoms with van der Waals surface area (Å²) in [6.45, 7) is 4.43. The molecule has 162 valence electrons. The molecule has 2 aromatic carbocycles. The summed E-state index contributed by atoms with van der Waals surface area (Å²) in [7, 11) is 1.59. The number of likely N-dealkylation sites (tertiary alicyclic amines) is 1. The Morgan fingerprint density at radius 1 is 1.23 bits per heavy atom. The standard InChI is InChI=1S/C25H27FN2O3/c1-17(29)21-8-6-18(15-23(21)30-2)5-3-4-12-28-13-10-19(11-14-28)25-22-9-7-20(26)16-24(22)31-27-25/h3-4,6-9,15-16,19H,5,10-14H2,1-2H3. The maximum atomic E-state index is 13.4. The number of allylic oxidation sites excluding steroid dienone is 1. The van der Waals surface area contributed by atoms with Crippen LogP contribution >= 0.6 is 0 Å². The molecule has 4 rings (SSSR count). The van der Waals surface area contributed by atoms with Crippen molar-refractivity contribution in [1.29, 1.82) is 0 Å². The number of Topliss-reactive ketones (excluding diaryl/α,β-unsaturated/α-hetero) is 1. The zero-order chi connectivity index (χ0) is 21.8. The number of carbonyl (C=O) groups is 1. The average molecular weight is 423 g/mol. The first-order valence-electron chi connectivity index (χ1n) is 10.6. The summed E-state index contributed by atoms with van der Waals surface area (Å²) < 4.78 is 24.0. The van der Waals surface area contributed by atoms with Gasteiger partial charge in [0.25, 0.3) is 0 Å². The van der Waals surface area contributed by atoms with E-state index in [2.05, 4.69) is 22.2 Å². The summed E-state index contributed by atoms with van der Waals surface area (Å²) in [4.78, 5) is 14.0. The fourth-order valence-electron chi connectivity index (χ4n) is 4.21. The van der Waals surface area contributed by atoms with Crippen LogP contribution in [0.3, 0.4) is 0 Å². The minimum atomic E-state index is -0.301. The SMILES string of the molecule is COc1cc(CC=CCN2CCC(c3noc4cc(F)ccc34)CC2)ccc1C(C)=O. The van der Waals surface area contributed by atoms with E-state index in [4.69, 9.17) is 9.26 Å². The third-order valence-corrected chi connectivity index (χ3v) is 5.97. The third-order valence-electron chi connectivity index (χ3n) is 5.97. The number of piperidine rings is 1. The Labute approximate surface area is 181 Å². The zero-order valence-corrected chi connectivity index (χ0v) is 17.9. The van der Waals surface area contributed by atoms with Crippen molar-refractivity contribution in [2.75, 3.05) is 26.7 Å². The highest BCUT2D eigenvalue weighted by molar-refractivity contribution is 5.96. The van der Waals surface area contributed by atoms with Gasteiger partial charge in [-0.3, -0.25) is 9.69 Å². The number of hydrogen-bond donors (Lipinski definition) is 0. The van der Waals surface area contributed by atoms with E-state index in [0.717, 1.165) is 55.5 Å². The lowest BCUT2D eigenvalue weighted by Crippen LogP contribution is -2.33. The molecule has 3 aromatic rings. The fraction of sp³-hybridized carbons (Fsp3) is 0.360. The molecule has 1 saturated heterocycles. The number of hydrogen-bond acceptors (Lipinski definition) is 5. The summed E-state index contributed by atoms with van der Waals surface area (Å²) >= 11 is 0. The first-order chi connectivity index (χ1) is 15.0. The number of ketones is 1. The Hall–Kier alpha value is -2.99. The summed E-state index contributed by atoms with van der Waals surface area (Å²) in [5, 5.41) is 5.14. The highest BCUT2D eigenvalue weighted by Gasteiger charge is 2.24. The molecule has 1 aliphatic rings. The molecule has 1 fully saturated rings. The molecule has 1 aromatic heterocycles. The third kappa shape index (κ3) is 4.85. The second-order valence-electron chi connectivity index (χ2n) is 8.05. The van der Waals surface area contributed by atoms with Crippen LogP contribution in [0.1, 0.15) is 47.3 Å². The number of carbonyl (C=O) groups excluding carboxylic acids is 1. The lowest BCUT2D eigenvalue weighted by Gasteiger charge is -2.30. The van der Waals surface area contributed by atoms with Crippen LogP contribution in [0.4, 0.5) is 4.39 Å².